The summed E-state index contributed by atoms with van der Waals surface area (Å²) in [5.41, 5.74) is 3.32. The van der Waals surface area contributed by atoms with Gasteiger partial charge in [-0.25, -0.2) is 4.79 Å². The average Bonchev–Trinajstić information content (AvgIpc) is 2.43. The molecule has 0 aromatic rings. The maximum Gasteiger partial charge on any atom is 0.384 e. The van der Waals surface area contributed by atoms with Crippen LogP contribution in [0, 0.1) is 23.3 Å². The summed E-state index contributed by atoms with van der Waals surface area (Å²) in [6, 6.07) is 0. The van der Waals surface area contributed by atoms with Crippen molar-refractivity contribution in [3.05, 3.63) is 0 Å². The first-order valence-corrected chi connectivity index (χ1v) is 15.0. The Morgan fingerprint density at radius 1 is 1.08 bits per heavy atom. The van der Waals surface area contributed by atoms with Crippen molar-refractivity contribution in [2.24, 2.45) is 0 Å². The number of ether oxygens (including phenoxy) is 1. The second-order valence-electron chi connectivity index (χ2n) is 8.74. The number of carbonyl (C=O) groups is 1. The molecule has 4 nitrogen and oxygen atoms in total. The smallest absolute Gasteiger partial charge is 0.384 e. The Hall–Kier alpha value is -1.06. The zero-order valence-electron chi connectivity index (χ0n) is 17.2. The van der Waals surface area contributed by atoms with Crippen molar-refractivity contribution < 1.29 is 19.1 Å². The van der Waals surface area contributed by atoms with Gasteiger partial charge >= 0.3 is 5.97 Å². The maximum atomic E-state index is 11.1. The summed E-state index contributed by atoms with van der Waals surface area (Å²) < 4.78 is 10.9. The van der Waals surface area contributed by atoms with Gasteiger partial charge in [-0.2, -0.15) is 0 Å². The number of rotatable bonds is 5. The molecule has 0 saturated heterocycles. The molecule has 0 rings (SSSR count). The summed E-state index contributed by atoms with van der Waals surface area (Å²) in [5.74, 6) is 7.61. The lowest BCUT2D eigenvalue weighted by atomic mass is 10.1. The Morgan fingerprint density at radius 2 is 1.64 bits per heavy atom. The predicted molar refractivity (Wildman–Crippen MR) is 108 cm³/mol. The molecule has 0 aliphatic rings. The third-order valence-corrected chi connectivity index (χ3v) is 9.57. The average molecular weight is 383 g/mol. The van der Waals surface area contributed by atoms with Gasteiger partial charge in [0.25, 0.3) is 0 Å². The third kappa shape index (κ3) is 9.86. The molecule has 142 valence electrons. The predicted octanol–water partition coefficient (Wildman–Crippen LogP) is 3.58. The van der Waals surface area contributed by atoms with E-state index in [0.29, 0.717) is 6.42 Å². The van der Waals surface area contributed by atoms with E-state index in [1.807, 2.05) is 0 Å². The van der Waals surface area contributed by atoms with Crippen LogP contribution in [0.25, 0.3) is 0 Å². The van der Waals surface area contributed by atoms with E-state index in [2.05, 4.69) is 81.5 Å². The second-order valence-corrected chi connectivity index (χ2v) is 18.2. The lowest BCUT2D eigenvalue weighted by molar-refractivity contribution is -0.133. The Bertz CT molecular complexity index is 563. The van der Waals surface area contributed by atoms with Crippen molar-refractivity contribution in [3.63, 3.8) is 0 Å². The molecule has 0 spiro atoms. The third-order valence-electron chi connectivity index (χ3n) is 4.14. The molecule has 0 heterocycles. The summed E-state index contributed by atoms with van der Waals surface area (Å²) in [5, 5.41) is 10.6. The highest BCUT2D eigenvalue weighted by Crippen LogP contribution is 2.38. The lowest BCUT2D eigenvalue weighted by Crippen LogP contribution is -2.47. The van der Waals surface area contributed by atoms with E-state index in [1.54, 1.807) is 0 Å². The van der Waals surface area contributed by atoms with Crippen LogP contribution in [0.4, 0.5) is 0 Å². The number of hydrogen-bond donors (Lipinski definition) is 1. The van der Waals surface area contributed by atoms with Gasteiger partial charge < -0.3 is 14.3 Å². The van der Waals surface area contributed by atoms with Gasteiger partial charge in [0.05, 0.1) is 19.3 Å². The molecule has 0 saturated carbocycles. The standard InChI is InChI=1S/C19H34O4Si2/c1-19(2,3)25(8,9)23-17(13-11-15-24(5,6)7)16(20)12-10-14-18(21)22-4/h16-17,20H,12-13H2,1-9H3/t16-,17-/m0/s1. The molecule has 0 aromatic heterocycles. The molecule has 25 heavy (non-hydrogen) atoms. The van der Waals surface area contributed by atoms with E-state index in [0.717, 1.165) is 0 Å². The van der Waals surface area contributed by atoms with Crippen molar-refractivity contribution >= 4 is 22.4 Å². The molecule has 0 fully saturated rings. The number of methoxy groups -OCH3 is 1. The fourth-order valence-electron chi connectivity index (χ4n) is 1.64. The first-order valence-electron chi connectivity index (χ1n) is 8.62. The number of aliphatic hydroxyl groups is 1. The van der Waals surface area contributed by atoms with Crippen LogP contribution in [0.15, 0.2) is 0 Å². The first-order chi connectivity index (χ1) is 11.2. The van der Waals surface area contributed by atoms with E-state index in [9.17, 15) is 9.90 Å². The van der Waals surface area contributed by atoms with Crippen molar-refractivity contribution in [3.8, 4) is 23.3 Å². The Kier molecular flexibility index (Phi) is 9.18. The molecule has 0 aliphatic heterocycles. The van der Waals surface area contributed by atoms with Gasteiger partial charge in [-0.05, 0) is 18.1 Å². The van der Waals surface area contributed by atoms with Gasteiger partial charge in [0, 0.05) is 18.8 Å². The highest BCUT2D eigenvalue weighted by molar-refractivity contribution is 6.83. The second kappa shape index (κ2) is 9.59. The molecule has 0 aliphatic carbocycles. The quantitative estimate of drug-likeness (QED) is 0.342. The zero-order valence-corrected chi connectivity index (χ0v) is 19.2. The van der Waals surface area contributed by atoms with Gasteiger partial charge in [-0.1, -0.05) is 46.3 Å². The summed E-state index contributed by atoms with van der Waals surface area (Å²) in [6.07, 6.45) is -0.570. The topological polar surface area (TPSA) is 55.8 Å². The molecule has 0 amide bonds. The highest BCUT2D eigenvalue weighted by atomic mass is 28.4. The minimum absolute atomic E-state index is 0.0366. The minimum atomic E-state index is -2.05. The molecular weight excluding hydrogens is 348 g/mol. The van der Waals surface area contributed by atoms with Crippen molar-refractivity contribution in [2.45, 2.75) is 83.6 Å². The van der Waals surface area contributed by atoms with Gasteiger partial charge in [0.1, 0.15) is 8.07 Å². The Labute approximate surface area is 155 Å². The van der Waals surface area contributed by atoms with E-state index in [-0.39, 0.29) is 11.5 Å². The summed E-state index contributed by atoms with van der Waals surface area (Å²) in [4.78, 5) is 11.1. The molecule has 0 radical (unpaired) electrons. The number of esters is 1. The normalized spacial score (nSPS) is 14.5. The van der Waals surface area contributed by atoms with Crippen LogP contribution in [0.3, 0.4) is 0 Å². The summed E-state index contributed by atoms with van der Waals surface area (Å²) in [6.45, 7) is 17.3. The molecule has 0 unspecified atom stereocenters. The molecule has 0 bridgehead atoms. The maximum absolute atomic E-state index is 11.1. The Balaban J connectivity index is 5.26. The van der Waals surface area contributed by atoms with Crippen molar-refractivity contribution in [1.82, 2.24) is 0 Å². The van der Waals surface area contributed by atoms with E-state index >= 15 is 0 Å². The van der Waals surface area contributed by atoms with Gasteiger partial charge in [0.15, 0.2) is 8.32 Å². The highest BCUT2D eigenvalue weighted by Gasteiger charge is 2.40. The van der Waals surface area contributed by atoms with Crippen molar-refractivity contribution in [1.29, 1.82) is 0 Å². The lowest BCUT2D eigenvalue weighted by Gasteiger charge is -2.40. The van der Waals surface area contributed by atoms with Crippen LogP contribution >= 0.6 is 0 Å². The van der Waals surface area contributed by atoms with Crippen LogP contribution in [0.1, 0.15) is 33.6 Å². The van der Waals surface area contributed by atoms with E-state index in [4.69, 9.17) is 4.43 Å². The number of carbonyl (C=O) groups excluding carboxylic acids is 1. The summed E-state index contributed by atoms with van der Waals surface area (Å²) >= 11 is 0. The Morgan fingerprint density at radius 3 is 2.08 bits per heavy atom. The van der Waals surface area contributed by atoms with Gasteiger partial charge in [-0.15, -0.1) is 11.5 Å². The fourth-order valence-corrected chi connectivity index (χ4v) is 3.62. The van der Waals surface area contributed by atoms with E-state index in [1.165, 1.54) is 7.11 Å². The van der Waals surface area contributed by atoms with Crippen LogP contribution in [0.5, 0.6) is 0 Å². The van der Waals surface area contributed by atoms with Crippen LogP contribution in [-0.2, 0) is 14.0 Å². The fraction of sp³-hybridized carbons (Fsp3) is 0.737. The first kappa shape index (κ1) is 23.9. The molecule has 6 heteroatoms. The SMILES string of the molecule is COC(=O)C#CC[C@H](O)[C@H](CC#C[Si](C)(C)C)O[Si](C)(C)C(C)(C)C. The van der Waals surface area contributed by atoms with Crippen LogP contribution in [0.2, 0.25) is 37.8 Å². The molecule has 0 aromatic carbocycles. The monoisotopic (exact) mass is 382 g/mol. The largest absolute Gasteiger partial charge is 0.459 e. The van der Waals surface area contributed by atoms with Gasteiger partial charge in [0.2, 0.25) is 0 Å². The molecular formula is C19H34O4Si2. The van der Waals surface area contributed by atoms with Gasteiger partial charge in [-0.3, -0.25) is 0 Å². The summed E-state index contributed by atoms with van der Waals surface area (Å²) in [7, 11) is -2.25. The van der Waals surface area contributed by atoms with Crippen molar-refractivity contribution in [2.75, 3.05) is 7.11 Å². The van der Waals surface area contributed by atoms with Crippen LogP contribution in [-0.4, -0.2) is 46.8 Å². The molecule has 1 N–H and O–H groups in total. The zero-order chi connectivity index (χ0) is 19.9. The van der Waals surface area contributed by atoms with E-state index < -0.39 is 34.6 Å². The molecule has 2 atom stereocenters. The minimum Gasteiger partial charge on any atom is -0.459 e. The number of hydrogen-bond acceptors (Lipinski definition) is 4. The van der Waals surface area contributed by atoms with Crippen LogP contribution < -0.4 is 0 Å². The number of aliphatic hydroxyl groups excluding tert-OH is 1.